The maximum atomic E-state index is 12.6. The number of non-ortho nitro benzene ring substituents is 2. The number of carbonyl (C=O) groups excluding carboxylic acids is 4. The Bertz CT molecular complexity index is 1570. The predicted octanol–water partition coefficient (Wildman–Crippen LogP) is 5.25. The van der Waals surface area contributed by atoms with E-state index in [9.17, 15) is 39.4 Å². The lowest BCUT2D eigenvalue weighted by atomic mass is 10.0. The minimum Gasteiger partial charge on any atom is -0.454 e. The Morgan fingerprint density at radius 3 is 1.21 bits per heavy atom. The quantitative estimate of drug-likeness (QED) is 0.101. The smallest absolute Gasteiger partial charge is 0.338 e. The number of rotatable bonds is 11. The summed E-state index contributed by atoms with van der Waals surface area (Å²) >= 11 is 0. The highest BCUT2D eigenvalue weighted by Gasteiger charge is 2.16. The largest absolute Gasteiger partial charge is 0.454 e. The van der Waals surface area contributed by atoms with Crippen LogP contribution in [-0.2, 0) is 9.47 Å². The predicted molar refractivity (Wildman–Crippen MR) is 147 cm³/mol. The van der Waals surface area contributed by atoms with Crippen LogP contribution in [0.25, 0.3) is 11.1 Å². The zero-order chi connectivity index (χ0) is 30.2. The lowest BCUT2D eigenvalue weighted by molar-refractivity contribution is -0.385. The fraction of sp³-hybridized carbons (Fsp3) is 0.0667. The molecule has 4 rings (SSSR count). The molecule has 210 valence electrons. The Morgan fingerprint density at radius 2 is 0.881 bits per heavy atom. The number of hydrogen-bond acceptors (Lipinski definition) is 10. The Labute approximate surface area is 237 Å². The molecule has 12 nitrogen and oxygen atoms in total. The van der Waals surface area contributed by atoms with E-state index in [1.807, 2.05) is 0 Å². The molecule has 0 N–H and O–H groups in total. The second-order valence-electron chi connectivity index (χ2n) is 8.77. The van der Waals surface area contributed by atoms with E-state index in [0.29, 0.717) is 11.1 Å². The van der Waals surface area contributed by atoms with Gasteiger partial charge >= 0.3 is 11.9 Å². The van der Waals surface area contributed by atoms with Gasteiger partial charge in [0.1, 0.15) is 0 Å². The molecule has 0 aromatic heterocycles. The zero-order valence-corrected chi connectivity index (χ0v) is 21.6. The van der Waals surface area contributed by atoms with Crippen LogP contribution in [0.5, 0.6) is 0 Å². The van der Waals surface area contributed by atoms with Crippen LogP contribution in [0.3, 0.4) is 0 Å². The minimum atomic E-state index is -0.771. The third kappa shape index (κ3) is 7.12. The first-order valence-corrected chi connectivity index (χ1v) is 12.2. The Kier molecular flexibility index (Phi) is 8.88. The SMILES string of the molecule is O=C(COC(=O)c1cccc(-c2cccc(C(=O)OCC(=O)c3ccc([N+](=O)[O-])cc3)c2)c1)c1ccc([N+](=O)[O-])cc1. The van der Waals surface area contributed by atoms with Crippen molar-refractivity contribution >= 4 is 34.9 Å². The summed E-state index contributed by atoms with van der Waals surface area (Å²) in [7, 11) is 0. The van der Waals surface area contributed by atoms with Gasteiger partial charge in [0.15, 0.2) is 24.8 Å². The highest BCUT2D eigenvalue weighted by atomic mass is 16.6. The number of benzene rings is 4. The van der Waals surface area contributed by atoms with Crippen LogP contribution >= 0.6 is 0 Å². The summed E-state index contributed by atoms with van der Waals surface area (Å²) in [6, 6.07) is 22.4. The summed E-state index contributed by atoms with van der Waals surface area (Å²) in [6.45, 7) is -1.14. The monoisotopic (exact) mass is 568 g/mol. The number of carbonyl (C=O) groups is 4. The number of nitrogens with zero attached hydrogens (tertiary/aromatic N) is 2. The molecule has 42 heavy (non-hydrogen) atoms. The summed E-state index contributed by atoms with van der Waals surface area (Å²) in [5.74, 6) is -2.61. The molecule has 0 aliphatic heterocycles. The van der Waals surface area contributed by atoms with Crippen LogP contribution in [0, 0.1) is 20.2 Å². The molecule has 0 saturated heterocycles. The summed E-state index contributed by atoms with van der Waals surface area (Å²) in [4.78, 5) is 70.2. The van der Waals surface area contributed by atoms with Gasteiger partial charge in [-0.2, -0.15) is 0 Å². The highest BCUT2D eigenvalue weighted by Crippen LogP contribution is 2.23. The number of esters is 2. The van der Waals surface area contributed by atoms with Crippen molar-refractivity contribution in [2.45, 2.75) is 0 Å². The molecular weight excluding hydrogens is 548 g/mol. The number of ether oxygens (including phenoxy) is 2. The molecule has 0 fully saturated rings. The lowest BCUT2D eigenvalue weighted by Crippen LogP contribution is -2.14. The van der Waals surface area contributed by atoms with Crippen LogP contribution in [-0.4, -0.2) is 46.6 Å². The molecule has 0 heterocycles. The van der Waals surface area contributed by atoms with Crippen molar-refractivity contribution < 1.29 is 38.5 Å². The first-order valence-electron chi connectivity index (χ1n) is 12.2. The van der Waals surface area contributed by atoms with E-state index in [4.69, 9.17) is 9.47 Å². The highest BCUT2D eigenvalue weighted by molar-refractivity contribution is 6.00. The number of hydrogen-bond donors (Lipinski definition) is 0. The Morgan fingerprint density at radius 1 is 0.524 bits per heavy atom. The minimum absolute atomic E-state index is 0.144. The summed E-state index contributed by atoms with van der Waals surface area (Å²) in [5.41, 5.74) is 1.37. The van der Waals surface area contributed by atoms with Crippen molar-refractivity contribution in [3.8, 4) is 11.1 Å². The van der Waals surface area contributed by atoms with Gasteiger partial charge in [0.05, 0.1) is 21.0 Å². The molecule has 12 heteroatoms. The number of nitro groups is 2. The van der Waals surface area contributed by atoms with Gasteiger partial charge in [-0.05, 0) is 59.7 Å². The van der Waals surface area contributed by atoms with E-state index >= 15 is 0 Å². The molecule has 0 amide bonds. The van der Waals surface area contributed by atoms with Crippen molar-refractivity contribution in [2.24, 2.45) is 0 Å². The van der Waals surface area contributed by atoms with Gasteiger partial charge in [-0.3, -0.25) is 29.8 Å². The van der Waals surface area contributed by atoms with Crippen LogP contribution in [0.15, 0.2) is 97.1 Å². The first kappa shape index (κ1) is 29.0. The third-order valence-corrected chi connectivity index (χ3v) is 6.00. The van der Waals surface area contributed by atoms with Crippen LogP contribution in [0.1, 0.15) is 41.4 Å². The average Bonchev–Trinajstić information content (AvgIpc) is 3.02. The van der Waals surface area contributed by atoms with Gasteiger partial charge < -0.3 is 9.47 Å². The van der Waals surface area contributed by atoms with Crippen LogP contribution in [0.2, 0.25) is 0 Å². The van der Waals surface area contributed by atoms with Gasteiger partial charge in [-0.1, -0.05) is 24.3 Å². The van der Waals surface area contributed by atoms with Crippen LogP contribution < -0.4 is 0 Å². The molecule has 0 bridgehead atoms. The lowest BCUT2D eigenvalue weighted by Gasteiger charge is -2.09. The maximum absolute atomic E-state index is 12.6. The van der Waals surface area contributed by atoms with E-state index in [1.54, 1.807) is 24.3 Å². The van der Waals surface area contributed by atoms with Crippen molar-refractivity contribution in [2.75, 3.05) is 13.2 Å². The molecule has 4 aromatic rings. The van der Waals surface area contributed by atoms with E-state index in [0.717, 1.165) is 0 Å². The molecule has 0 atom stereocenters. The molecule has 0 radical (unpaired) electrons. The van der Waals surface area contributed by atoms with Gasteiger partial charge in [-0.15, -0.1) is 0 Å². The van der Waals surface area contributed by atoms with Crippen molar-refractivity contribution in [1.29, 1.82) is 0 Å². The van der Waals surface area contributed by atoms with Gasteiger partial charge in [0, 0.05) is 35.4 Å². The Balaban J connectivity index is 1.37. The summed E-state index contributed by atoms with van der Waals surface area (Å²) in [6.07, 6.45) is 0. The number of nitro benzene ring substituents is 2. The van der Waals surface area contributed by atoms with Crippen molar-refractivity contribution in [3.05, 3.63) is 140 Å². The molecule has 4 aromatic carbocycles. The third-order valence-electron chi connectivity index (χ3n) is 6.00. The molecule has 0 spiro atoms. The topological polar surface area (TPSA) is 173 Å². The normalized spacial score (nSPS) is 10.4. The molecule has 0 unspecified atom stereocenters. The van der Waals surface area contributed by atoms with E-state index in [2.05, 4.69) is 0 Å². The molecular formula is C30H20N2O10. The van der Waals surface area contributed by atoms with Gasteiger partial charge in [-0.25, -0.2) is 9.59 Å². The number of Topliss-reactive ketones (excluding diaryl/α,β-unsaturated/α-hetero) is 2. The molecule has 0 saturated carbocycles. The fourth-order valence-corrected chi connectivity index (χ4v) is 3.79. The zero-order valence-electron chi connectivity index (χ0n) is 21.6. The average molecular weight is 568 g/mol. The summed E-state index contributed by atoms with van der Waals surface area (Å²) < 4.78 is 10.2. The summed E-state index contributed by atoms with van der Waals surface area (Å²) in [5, 5.41) is 21.5. The van der Waals surface area contributed by atoms with E-state index in [1.165, 1.54) is 72.8 Å². The maximum Gasteiger partial charge on any atom is 0.338 e. The standard InChI is InChI=1S/C30H20N2O10/c33-27(19-7-11-25(12-8-19)31(37)38)17-41-29(35)23-5-1-3-21(15-23)22-4-2-6-24(16-22)30(36)42-18-28(34)20-9-13-26(14-10-20)32(39)40/h1-16H,17-18H2. The van der Waals surface area contributed by atoms with Crippen LogP contribution in [0.4, 0.5) is 11.4 Å². The van der Waals surface area contributed by atoms with Gasteiger partial charge in [0.25, 0.3) is 11.4 Å². The molecule has 0 aliphatic rings. The van der Waals surface area contributed by atoms with Gasteiger partial charge in [0.2, 0.25) is 0 Å². The van der Waals surface area contributed by atoms with E-state index in [-0.39, 0.29) is 33.6 Å². The molecule has 0 aliphatic carbocycles. The number of ketones is 2. The Hall–Kier alpha value is -6.04. The first-order chi connectivity index (χ1) is 20.1. The van der Waals surface area contributed by atoms with Crippen molar-refractivity contribution in [3.63, 3.8) is 0 Å². The van der Waals surface area contributed by atoms with Crippen molar-refractivity contribution in [1.82, 2.24) is 0 Å². The second-order valence-corrected chi connectivity index (χ2v) is 8.77. The fourth-order valence-electron chi connectivity index (χ4n) is 3.79. The second kappa shape index (κ2) is 12.9. The van der Waals surface area contributed by atoms with E-state index < -0.39 is 46.6 Å².